The van der Waals surface area contributed by atoms with Crippen LogP contribution >= 0.6 is 0 Å². The maximum Gasteiger partial charge on any atom is 0.315 e. The molecule has 7 heteroatoms. The van der Waals surface area contributed by atoms with Crippen molar-refractivity contribution >= 4 is 17.9 Å². The number of carbonyl (C=O) groups is 3. The van der Waals surface area contributed by atoms with Crippen molar-refractivity contribution in [2.75, 3.05) is 6.54 Å². The van der Waals surface area contributed by atoms with Gasteiger partial charge in [-0.1, -0.05) is 6.92 Å². The zero-order valence-electron chi connectivity index (χ0n) is 10.4. The SMILES string of the molecule is CCC(CC(=O)O)NC(=O)NC1CCCNC1=O. The van der Waals surface area contributed by atoms with Gasteiger partial charge in [-0.25, -0.2) is 4.79 Å². The molecular formula is C11H19N3O4. The number of carboxylic acid groups (broad SMARTS) is 1. The molecule has 0 aliphatic carbocycles. The summed E-state index contributed by atoms with van der Waals surface area (Å²) in [5.74, 6) is -1.15. The smallest absolute Gasteiger partial charge is 0.315 e. The summed E-state index contributed by atoms with van der Waals surface area (Å²) >= 11 is 0. The van der Waals surface area contributed by atoms with Crippen LogP contribution in [0.3, 0.4) is 0 Å². The standard InChI is InChI=1S/C11H19N3O4/c1-2-7(6-9(15)16)13-11(18)14-8-4-3-5-12-10(8)17/h7-8H,2-6H2,1H3,(H,12,17)(H,15,16)(H2,13,14,18). The van der Waals surface area contributed by atoms with Crippen molar-refractivity contribution in [3.8, 4) is 0 Å². The van der Waals surface area contributed by atoms with Gasteiger partial charge in [0.05, 0.1) is 6.42 Å². The molecule has 0 bridgehead atoms. The summed E-state index contributed by atoms with van der Waals surface area (Å²) in [7, 11) is 0. The van der Waals surface area contributed by atoms with E-state index in [1.54, 1.807) is 6.92 Å². The lowest BCUT2D eigenvalue weighted by atomic mass is 10.1. The topological polar surface area (TPSA) is 108 Å². The van der Waals surface area contributed by atoms with Crippen molar-refractivity contribution in [1.82, 2.24) is 16.0 Å². The number of carboxylic acids is 1. The Bertz CT molecular complexity index is 332. The second-order valence-electron chi connectivity index (χ2n) is 4.31. The zero-order valence-corrected chi connectivity index (χ0v) is 10.4. The molecule has 1 fully saturated rings. The summed E-state index contributed by atoms with van der Waals surface area (Å²) in [5, 5.41) is 16.4. The minimum Gasteiger partial charge on any atom is -0.481 e. The second kappa shape index (κ2) is 6.83. The molecule has 4 N–H and O–H groups in total. The van der Waals surface area contributed by atoms with E-state index in [1.165, 1.54) is 0 Å². The number of rotatable bonds is 5. The van der Waals surface area contributed by atoms with Crippen molar-refractivity contribution < 1.29 is 19.5 Å². The summed E-state index contributed by atoms with van der Waals surface area (Å²) in [6.45, 7) is 2.43. The molecule has 1 heterocycles. The Morgan fingerprint density at radius 3 is 2.83 bits per heavy atom. The van der Waals surface area contributed by atoms with Crippen LogP contribution < -0.4 is 16.0 Å². The number of nitrogens with one attached hydrogen (secondary N) is 3. The summed E-state index contributed by atoms with van der Waals surface area (Å²) in [5.41, 5.74) is 0. The highest BCUT2D eigenvalue weighted by Gasteiger charge is 2.24. The van der Waals surface area contributed by atoms with Crippen LogP contribution in [0.1, 0.15) is 32.6 Å². The van der Waals surface area contributed by atoms with Gasteiger partial charge in [-0.3, -0.25) is 9.59 Å². The lowest BCUT2D eigenvalue weighted by Crippen LogP contribution is -2.54. The maximum absolute atomic E-state index is 11.6. The summed E-state index contributed by atoms with van der Waals surface area (Å²) in [4.78, 5) is 33.6. The molecule has 0 aromatic heterocycles. The van der Waals surface area contributed by atoms with Crippen molar-refractivity contribution in [2.45, 2.75) is 44.7 Å². The van der Waals surface area contributed by atoms with Gasteiger partial charge in [0.15, 0.2) is 0 Å². The first-order valence-electron chi connectivity index (χ1n) is 6.09. The van der Waals surface area contributed by atoms with Gasteiger partial charge in [-0.05, 0) is 19.3 Å². The lowest BCUT2D eigenvalue weighted by Gasteiger charge is -2.24. The van der Waals surface area contributed by atoms with Crippen molar-refractivity contribution in [3.05, 3.63) is 0 Å². The van der Waals surface area contributed by atoms with Gasteiger partial charge in [0.25, 0.3) is 0 Å². The number of aliphatic carboxylic acids is 1. The average Bonchev–Trinajstić information content (AvgIpc) is 2.30. The third-order valence-electron chi connectivity index (χ3n) is 2.84. The van der Waals surface area contributed by atoms with Gasteiger partial charge in [0.1, 0.15) is 6.04 Å². The summed E-state index contributed by atoms with van der Waals surface area (Å²) < 4.78 is 0. The average molecular weight is 257 g/mol. The molecular weight excluding hydrogens is 238 g/mol. The van der Waals surface area contributed by atoms with E-state index >= 15 is 0 Å². The number of carbonyl (C=O) groups excluding carboxylic acids is 2. The first-order valence-corrected chi connectivity index (χ1v) is 6.09. The molecule has 1 aliphatic heterocycles. The fourth-order valence-corrected chi connectivity index (χ4v) is 1.80. The Kier molecular flexibility index (Phi) is 5.41. The third kappa shape index (κ3) is 4.60. The van der Waals surface area contributed by atoms with Crippen LogP contribution in [0.15, 0.2) is 0 Å². The minimum absolute atomic E-state index is 0.124. The Balaban J connectivity index is 2.39. The van der Waals surface area contributed by atoms with Gasteiger partial charge in [0.2, 0.25) is 5.91 Å². The number of hydrogen-bond donors (Lipinski definition) is 4. The predicted molar refractivity (Wildman–Crippen MR) is 64.0 cm³/mol. The lowest BCUT2D eigenvalue weighted by molar-refractivity contribution is -0.137. The molecule has 0 saturated carbocycles. The number of amides is 3. The monoisotopic (exact) mass is 257 g/mol. The second-order valence-corrected chi connectivity index (χ2v) is 4.31. The van der Waals surface area contributed by atoms with E-state index < -0.39 is 24.1 Å². The molecule has 102 valence electrons. The fourth-order valence-electron chi connectivity index (χ4n) is 1.80. The Morgan fingerprint density at radius 1 is 1.56 bits per heavy atom. The quantitative estimate of drug-likeness (QED) is 0.548. The molecule has 2 atom stereocenters. The maximum atomic E-state index is 11.6. The molecule has 7 nitrogen and oxygen atoms in total. The summed E-state index contributed by atoms with van der Waals surface area (Å²) in [6, 6.07) is -1.44. The Labute approximate surface area is 105 Å². The highest BCUT2D eigenvalue weighted by atomic mass is 16.4. The van der Waals surface area contributed by atoms with Gasteiger partial charge in [0, 0.05) is 12.6 Å². The van der Waals surface area contributed by atoms with E-state index in [2.05, 4.69) is 16.0 Å². The molecule has 1 rings (SSSR count). The first-order chi connectivity index (χ1) is 8.52. The molecule has 0 aromatic carbocycles. The van der Waals surface area contributed by atoms with Gasteiger partial charge in [-0.2, -0.15) is 0 Å². The van der Waals surface area contributed by atoms with E-state index in [1.807, 2.05) is 0 Å². The summed E-state index contributed by atoms with van der Waals surface area (Å²) in [6.07, 6.45) is 1.83. The molecule has 18 heavy (non-hydrogen) atoms. The Morgan fingerprint density at radius 2 is 2.28 bits per heavy atom. The molecule has 2 unspecified atom stereocenters. The highest BCUT2D eigenvalue weighted by Crippen LogP contribution is 2.03. The molecule has 0 radical (unpaired) electrons. The fraction of sp³-hybridized carbons (Fsp3) is 0.727. The van der Waals surface area contributed by atoms with E-state index in [9.17, 15) is 14.4 Å². The normalized spacial score (nSPS) is 20.7. The van der Waals surface area contributed by atoms with Crippen molar-refractivity contribution in [2.24, 2.45) is 0 Å². The van der Waals surface area contributed by atoms with Crippen LogP contribution in [0.25, 0.3) is 0 Å². The van der Waals surface area contributed by atoms with E-state index in [0.717, 1.165) is 6.42 Å². The predicted octanol–water partition coefficient (Wildman–Crippen LogP) is -0.182. The molecule has 0 aromatic rings. The number of piperidine rings is 1. The largest absolute Gasteiger partial charge is 0.481 e. The van der Waals surface area contributed by atoms with E-state index in [4.69, 9.17) is 5.11 Å². The van der Waals surface area contributed by atoms with Crippen molar-refractivity contribution in [1.29, 1.82) is 0 Å². The number of urea groups is 1. The minimum atomic E-state index is -0.961. The molecule has 0 spiro atoms. The van der Waals surface area contributed by atoms with Gasteiger partial charge >= 0.3 is 12.0 Å². The van der Waals surface area contributed by atoms with E-state index in [-0.39, 0.29) is 12.3 Å². The van der Waals surface area contributed by atoms with Crippen LogP contribution in [0.2, 0.25) is 0 Å². The third-order valence-corrected chi connectivity index (χ3v) is 2.84. The van der Waals surface area contributed by atoms with Gasteiger partial charge in [-0.15, -0.1) is 0 Å². The first kappa shape index (κ1) is 14.3. The van der Waals surface area contributed by atoms with Crippen LogP contribution in [-0.2, 0) is 9.59 Å². The molecule has 1 aliphatic rings. The van der Waals surface area contributed by atoms with Crippen LogP contribution in [0.4, 0.5) is 4.79 Å². The van der Waals surface area contributed by atoms with Crippen molar-refractivity contribution in [3.63, 3.8) is 0 Å². The van der Waals surface area contributed by atoms with Gasteiger partial charge < -0.3 is 21.1 Å². The highest BCUT2D eigenvalue weighted by molar-refractivity contribution is 5.87. The zero-order chi connectivity index (χ0) is 13.5. The van der Waals surface area contributed by atoms with Crippen LogP contribution in [0, 0.1) is 0 Å². The molecule has 3 amide bonds. The number of hydrogen-bond acceptors (Lipinski definition) is 3. The Hall–Kier alpha value is -1.79. The molecule has 1 saturated heterocycles. The van der Waals surface area contributed by atoms with Crippen LogP contribution in [0.5, 0.6) is 0 Å². The van der Waals surface area contributed by atoms with Crippen LogP contribution in [-0.4, -0.2) is 41.6 Å². The van der Waals surface area contributed by atoms with E-state index in [0.29, 0.717) is 19.4 Å².